The summed E-state index contributed by atoms with van der Waals surface area (Å²) in [5.74, 6) is -0.360. The van der Waals surface area contributed by atoms with Crippen molar-refractivity contribution in [2.75, 3.05) is 32.8 Å². The lowest BCUT2D eigenvalue weighted by Gasteiger charge is -2.26. The number of aromatic amines is 1. The predicted octanol–water partition coefficient (Wildman–Crippen LogP) is 3.64. The zero-order valence-electron chi connectivity index (χ0n) is 15.0. The van der Waals surface area contributed by atoms with E-state index in [1.807, 2.05) is 12.1 Å². The number of H-pyrrole nitrogens is 1. The third kappa shape index (κ3) is 4.18. The molecule has 1 aliphatic heterocycles. The van der Waals surface area contributed by atoms with Crippen molar-refractivity contribution in [3.63, 3.8) is 0 Å². The molecule has 2 N–H and O–H groups in total. The average molecular weight is 367 g/mol. The molecule has 27 heavy (non-hydrogen) atoms. The molecule has 1 saturated heterocycles. The summed E-state index contributed by atoms with van der Waals surface area (Å²) in [4.78, 5) is 9.63. The Morgan fingerprint density at radius 2 is 1.93 bits per heavy atom. The molecular formula is C21H22FN3O2. The zero-order valence-corrected chi connectivity index (χ0v) is 15.0. The van der Waals surface area contributed by atoms with Crippen LogP contribution >= 0.6 is 0 Å². The number of ether oxygens (including phenoxy) is 1. The van der Waals surface area contributed by atoms with Gasteiger partial charge in [-0.2, -0.15) is 0 Å². The average Bonchev–Trinajstić information content (AvgIpc) is 3.00. The SMILES string of the molecule is Oc1[nH]c2cc(F)ccc2c1C=Nc1ccc(CCN2CCOCC2)cc1. The highest BCUT2D eigenvalue weighted by Crippen LogP contribution is 2.27. The molecule has 0 unspecified atom stereocenters. The van der Waals surface area contributed by atoms with E-state index >= 15 is 0 Å². The van der Waals surface area contributed by atoms with Crippen molar-refractivity contribution in [1.82, 2.24) is 9.88 Å². The Morgan fingerprint density at radius 1 is 1.15 bits per heavy atom. The van der Waals surface area contributed by atoms with E-state index < -0.39 is 0 Å². The first-order valence-electron chi connectivity index (χ1n) is 9.12. The molecule has 1 aromatic heterocycles. The molecule has 2 aromatic carbocycles. The number of rotatable bonds is 5. The fourth-order valence-electron chi connectivity index (χ4n) is 3.31. The van der Waals surface area contributed by atoms with Crippen molar-refractivity contribution < 1.29 is 14.2 Å². The molecule has 0 atom stereocenters. The number of hydrogen-bond acceptors (Lipinski definition) is 4. The summed E-state index contributed by atoms with van der Waals surface area (Å²) >= 11 is 0. The molecule has 0 bridgehead atoms. The maximum absolute atomic E-state index is 13.3. The summed E-state index contributed by atoms with van der Waals surface area (Å²) in [5.41, 5.74) is 3.18. The molecule has 0 amide bonds. The van der Waals surface area contributed by atoms with Gasteiger partial charge in [0.05, 0.1) is 30.0 Å². The summed E-state index contributed by atoms with van der Waals surface area (Å²) in [7, 11) is 0. The van der Waals surface area contributed by atoms with Gasteiger partial charge >= 0.3 is 0 Å². The minimum absolute atomic E-state index is 0.0125. The number of halogens is 1. The molecule has 1 aliphatic rings. The molecule has 3 aromatic rings. The van der Waals surface area contributed by atoms with E-state index in [-0.39, 0.29) is 11.7 Å². The lowest BCUT2D eigenvalue weighted by atomic mass is 10.1. The number of fused-ring (bicyclic) bond motifs is 1. The van der Waals surface area contributed by atoms with Crippen LogP contribution in [-0.4, -0.2) is 54.1 Å². The second kappa shape index (κ2) is 7.90. The minimum atomic E-state index is -0.347. The first-order chi connectivity index (χ1) is 13.2. The maximum Gasteiger partial charge on any atom is 0.198 e. The second-order valence-electron chi connectivity index (χ2n) is 6.71. The topological polar surface area (TPSA) is 60.8 Å². The lowest BCUT2D eigenvalue weighted by Crippen LogP contribution is -2.37. The van der Waals surface area contributed by atoms with Gasteiger partial charge in [-0.05, 0) is 42.3 Å². The van der Waals surface area contributed by atoms with Gasteiger partial charge < -0.3 is 14.8 Å². The number of nitrogens with zero attached hydrogens (tertiary/aromatic N) is 2. The standard InChI is InChI=1S/C21H22FN3O2/c22-16-3-6-18-19(21(26)24-20(18)13-16)14-23-17-4-1-15(2-5-17)7-8-25-9-11-27-12-10-25/h1-6,13-14,24,26H,7-12H2. The van der Waals surface area contributed by atoms with Gasteiger partial charge in [-0.15, -0.1) is 0 Å². The minimum Gasteiger partial charge on any atom is -0.494 e. The quantitative estimate of drug-likeness (QED) is 0.677. The van der Waals surface area contributed by atoms with Gasteiger partial charge in [-0.25, -0.2) is 4.39 Å². The summed E-state index contributed by atoms with van der Waals surface area (Å²) in [6, 6.07) is 12.5. The van der Waals surface area contributed by atoms with Crippen molar-refractivity contribution in [1.29, 1.82) is 0 Å². The Kier molecular flexibility index (Phi) is 5.18. The van der Waals surface area contributed by atoms with Gasteiger partial charge in [0.1, 0.15) is 5.82 Å². The molecule has 6 heteroatoms. The number of morpholine rings is 1. The highest BCUT2D eigenvalue weighted by atomic mass is 19.1. The van der Waals surface area contributed by atoms with Gasteiger partial charge in [0.25, 0.3) is 0 Å². The van der Waals surface area contributed by atoms with E-state index in [0.29, 0.717) is 11.1 Å². The van der Waals surface area contributed by atoms with Crippen LogP contribution in [0.4, 0.5) is 10.1 Å². The molecule has 0 saturated carbocycles. The van der Waals surface area contributed by atoms with Gasteiger partial charge in [-0.3, -0.25) is 9.89 Å². The summed E-state index contributed by atoms with van der Waals surface area (Å²) in [5, 5.41) is 10.8. The molecule has 0 aliphatic carbocycles. The van der Waals surface area contributed by atoms with E-state index in [1.54, 1.807) is 12.3 Å². The first-order valence-corrected chi connectivity index (χ1v) is 9.12. The largest absolute Gasteiger partial charge is 0.494 e. The van der Waals surface area contributed by atoms with E-state index in [0.717, 1.165) is 50.3 Å². The second-order valence-corrected chi connectivity index (χ2v) is 6.71. The third-order valence-electron chi connectivity index (χ3n) is 4.88. The zero-order chi connectivity index (χ0) is 18.6. The van der Waals surface area contributed by atoms with Crippen LogP contribution in [0.2, 0.25) is 0 Å². The van der Waals surface area contributed by atoms with Crippen molar-refractivity contribution in [2.24, 2.45) is 4.99 Å². The Balaban J connectivity index is 1.43. The van der Waals surface area contributed by atoms with Crippen molar-refractivity contribution >= 4 is 22.8 Å². The number of aliphatic imine (C=N–C) groups is 1. The van der Waals surface area contributed by atoms with Crippen LogP contribution in [0.3, 0.4) is 0 Å². The number of hydrogen-bond donors (Lipinski definition) is 2. The Hall–Kier alpha value is -2.70. The normalized spacial score (nSPS) is 15.7. The molecule has 0 spiro atoms. The van der Waals surface area contributed by atoms with Gasteiger partial charge in [0.2, 0.25) is 0 Å². The first kappa shape index (κ1) is 17.7. The fourth-order valence-corrected chi connectivity index (χ4v) is 3.31. The van der Waals surface area contributed by atoms with E-state index in [2.05, 4.69) is 27.0 Å². The Bertz CT molecular complexity index is 944. The molecule has 1 fully saturated rings. The van der Waals surface area contributed by atoms with Gasteiger partial charge in [-0.1, -0.05) is 12.1 Å². The van der Waals surface area contributed by atoms with Crippen molar-refractivity contribution in [3.8, 4) is 5.88 Å². The van der Waals surface area contributed by atoms with E-state index in [9.17, 15) is 9.50 Å². The van der Waals surface area contributed by atoms with E-state index in [4.69, 9.17) is 4.74 Å². The van der Waals surface area contributed by atoms with Crippen LogP contribution in [0.15, 0.2) is 47.5 Å². The van der Waals surface area contributed by atoms with Gasteiger partial charge in [0, 0.05) is 31.2 Å². The molecular weight excluding hydrogens is 345 g/mol. The summed E-state index contributed by atoms with van der Waals surface area (Å²) in [6.07, 6.45) is 2.60. The molecule has 2 heterocycles. The molecule has 5 nitrogen and oxygen atoms in total. The maximum atomic E-state index is 13.3. The number of aromatic hydroxyl groups is 1. The van der Waals surface area contributed by atoms with Crippen LogP contribution in [-0.2, 0) is 11.2 Å². The molecule has 140 valence electrons. The summed E-state index contributed by atoms with van der Waals surface area (Å²) in [6.45, 7) is 4.68. The van der Waals surface area contributed by atoms with Gasteiger partial charge in [0.15, 0.2) is 5.88 Å². The molecule has 0 radical (unpaired) electrons. The Morgan fingerprint density at radius 3 is 2.70 bits per heavy atom. The van der Waals surface area contributed by atoms with Crippen molar-refractivity contribution in [2.45, 2.75) is 6.42 Å². The molecule has 4 rings (SSSR count). The van der Waals surface area contributed by atoms with E-state index in [1.165, 1.54) is 17.7 Å². The van der Waals surface area contributed by atoms with Crippen LogP contribution in [0, 0.1) is 5.82 Å². The van der Waals surface area contributed by atoms with Crippen LogP contribution in [0.1, 0.15) is 11.1 Å². The highest BCUT2D eigenvalue weighted by Gasteiger charge is 2.10. The van der Waals surface area contributed by atoms with Crippen LogP contribution < -0.4 is 0 Å². The van der Waals surface area contributed by atoms with Crippen LogP contribution in [0.5, 0.6) is 5.88 Å². The lowest BCUT2D eigenvalue weighted by molar-refractivity contribution is 0.0384. The monoisotopic (exact) mass is 367 g/mol. The fraction of sp³-hybridized carbons (Fsp3) is 0.286. The third-order valence-corrected chi connectivity index (χ3v) is 4.88. The summed E-state index contributed by atoms with van der Waals surface area (Å²) < 4.78 is 18.7. The van der Waals surface area contributed by atoms with Crippen molar-refractivity contribution in [3.05, 3.63) is 59.4 Å². The highest BCUT2D eigenvalue weighted by molar-refractivity contribution is 6.02. The smallest absolute Gasteiger partial charge is 0.198 e. The predicted molar refractivity (Wildman–Crippen MR) is 105 cm³/mol. The number of nitrogens with one attached hydrogen (secondary N) is 1. The van der Waals surface area contributed by atoms with Crippen LogP contribution in [0.25, 0.3) is 10.9 Å². The number of aromatic nitrogens is 1. The Labute approximate surface area is 157 Å². The number of benzene rings is 2.